The van der Waals surface area contributed by atoms with Gasteiger partial charge in [0.2, 0.25) is 0 Å². The molecule has 0 radical (unpaired) electrons. The summed E-state index contributed by atoms with van der Waals surface area (Å²) in [6.45, 7) is 0.937. The molecule has 2 N–H and O–H groups in total. The van der Waals surface area contributed by atoms with Crippen LogP contribution in [0.1, 0.15) is 19.3 Å². The maximum Gasteiger partial charge on any atom is 0.313 e. The third kappa shape index (κ3) is 1.66. The van der Waals surface area contributed by atoms with Gasteiger partial charge in [0.05, 0.1) is 5.60 Å². The molecule has 1 unspecified atom stereocenters. The first-order valence-electron chi connectivity index (χ1n) is 5.22. The molecule has 86 valence electrons. The number of carboxylic acid groups (broad SMARTS) is 1. The molecule has 2 saturated heterocycles. The van der Waals surface area contributed by atoms with Crippen LogP contribution in [-0.4, -0.2) is 46.5 Å². The molecule has 0 aromatic carbocycles. The van der Waals surface area contributed by atoms with Crippen molar-refractivity contribution in [3.63, 3.8) is 0 Å². The van der Waals surface area contributed by atoms with Crippen LogP contribution in [-0.2, 0) is 9.53 Å². The third-order valence-corrected chi connectivity index (χ3v) is 4.83. The van der Waals surface area contributed by atoms with E-state index in [9.17, 15) is 15.0 Å². The van der Waals surface area contributed by atoms with Gasteiger partial charge in [0, 0.05) is 31.8 Å². The molecule has 2 aliphatic heterocycles. The Balaban J connectivity index is 2.26. The molecular weight excluding hydrogens is 216 g/mol. The topological polar surface area (TPSA) is 66.8 Å². The van der Waals surface area contributed by atoms with Gasteiger partial charge in [-0.3, -0.25) is 4.79 Å². The number of hydrogen-bond donors (Lipinski definition) is 2. The second-order valence-corrected chi connectivity index (χ2v) is 5.44. The quantitative estimate of drug-likeness (QED) is 0.735. The average molecular weight is 232 g/mol. The molecule has 2 rings (SSSR count). The van der Waals surface area contributed by atoms with E-state index in [-0.39, 0.29) is 0 Å². The summed E-state index contributed by atoms with van der Waals surface area (Å²) in [5, 5.41) is 19.9. The summed E-state index contributed by atoms with van der Waals surface area (Å²) in [7, 11) is 0. The van der Waals surface area contributed by atoms with Crippen molar-refractivity contribution >= 4 is 17.7 Å². The van der Waals surface area contributed by atoms with Crippen molar-refractivity contribution in [3.05, 3.63) is 0 Å². The van der Waals surface area contributed by atoms with Crippen molar-refractivity contribution in [2.24, 2.45) is 5.41 Å². The van der Waals surface area contributed by atoms with Crippen LogP contribution in [0.15, 0.2) is 0 Å². The van der Waals surface area contributed by atoms with Gasteiger partial charge in [-0.05, 0) is 12.2 Å². The molecule has 2 heterocycles. The molecule has 0 aromatic rings. The van der Waals surface area contributed by atoms with Gasteiger partial charge in [-0.15, -0.1) is 0 Å². The number of rotatable bonds is 2. The second kappa shape index (κ2) is 3.96. The molecular formula is C10H16O4S. The Labute approximate surface area is 93.0 Å². The fourth-order valence-corrected chi connectivity index (χ4v) is 4.01. The van der Waals surface area contributed by atoms with Gasteiger partial charge in [-0.1, -0.05) is 0 Å². The average Bonchev–Trinajstić information content (AvgIpc) is 2.69. The van der Waals surface area contributed by atoms with Crippen molar-refractivity contribution in [3.8, 4) is 0 Å². The van der Waals surface area contributed by atoms with Crippen LogP contribution in [0.5, 0.6) is 0 Å². The van der Waals surface area contributed by atoms with Crippen LogP contribution in [0, 0.1) is 5.41 Å². The van der Waals surface area contributed by atoms with E-state index in [1.54, 1.807) is 11.8 Å². The lowest BCUT2D eigenvalue weighted by molar-refractivity contribution is -0.178. The number of hydrogen-bond acceptors (Lipinski definition) is 4. The summed E-state index contributed by atoms with van der Waals surface area (Å²) in [6.07, 6.45) is 1.46. The van der Waals surface area contributed by atoms with Crippen LogP contribution in [0.25, 0.3) is 0 Å². The van der Waals surface area contributed by atoms with Crippen molar-refractivity contribution < 1.29 is 19.7 Å². The normalized spacial score (nSPS) is 35.3. The van der Waals surface area contributed by atoms with Gasteiger partial charge >= 0.3 is 5.97 Å². The highest BCUT2D eigenvalue weighted by atomic mass is 32.2. The van der Waals surface area contributed by atoms with Crippen molar-refractivity contribution in [1.82, 2.24) is 0 Å². The van der Waals surface area contributed by atoms with E-state index in [1.807, 2.05) is 0 Å². The zero-order valence-electron chi connectivity index (χ0n) is 8.57. The summed E-state index contributed by atoms with van der Waals surface area (Å²) in [4.78, 5) is 11.4. The third-order valence-electron chi connectivity index (χ3n) is 3.64. The predicted molar refractivity (Wildman–Crippen MR) is 57.0 cm³/mol. The Morgan fingerprint density at radius 3 is 2.40 bits per heavy atom. The van der Waals surface area contributed by atoms with Crippen LogP contribution < -0.4 is 0 Å². The number of thioether (sulfide) groups is 1. The largest absolute Gasteiger partial charge is 0.481 e. The van der Waals surface area contributed by atoms with Crippen LogP contribution in [0.4, 0.5) is 0 Å². The van der Waals surface area contributed by atoms with E-state index in [2.05, 4.69) is 0 Å². The first-order valence-corrected chi connectivity index (χ1v) is 6.37. The predicted octanol–water partition coefficient (Wildman–Crippen LogP) is 0.736. The maximum absolute atomic E-state index is 11.4. The molecule has 2 aliphatic rings. The Bertz CT molecular complexity index is 254. The number of aliphatic hydroxyl groups is 1. The summed E-state index contributed by atoms with van der Waals surface area (Å²) in [5.74, 6) is 0.505. The molecule has 2 fully saturated rings. The van der Waals surface area contributed by atoms with Crippen molar-refractivity contribution in [1.29, 1.82) is 0 Å². The standard InChI is InChI=1S/C10H16O4S/c11-8(12)9(3-6-15-7-9)10(13)1-4-14-5-2-10/h13H,1-7H2,(H,11,12). The van der Waals surface area contributed by atoms with E-state index in [1.165, 1.54) is 0 Å². The van der Waals surface area contributed by atoms with Gasteiger partial charge in [0.25, 0.3) is 0 Å². The van der Waals surface area contributed by atoms with E-state index in [0.717, 1.165) is 5.75 Å². The molecule has 0 aliphatic carbocycles. The summed E-state index contributed by atoms with van der Waals surface area (Å²) in [6, 6.07) is 0. The van der Waals surface area contributed by atoms with E-state index < -0.39 is 17.0 Å². The van der Waals surface area contributed by atoms with Gasteiger partial charge in [-0.25, -0.2) is 0 Å². The van der Waals surface area contributed by atoms with Crippen LogP contribution >= 0.6 is 11.8 Å². The Morgan fingerprint density at radius 1 is 1.27 bits per heavy atom. The minimum absolute atomic E-state index is 0.444. The molecule has 5 heteroatoms. The molecule has 0 spiro atoms. The molecule has 15 heavy (non-hydrogen) atoms. The zero-order chi connectivity index (χ0) is 10.9. The number of carboxylic acids is 1. The van der Waals surface area contributed by atoms with Crippen LogP contribution in [0.3, 0.4) is 0 Å². The van der Waals surface area contributed by atoms with Crippen molar-refractivity contribution in [2.45, 2.75) is 24.9 Å². The van der Waals surface area contributed by atoms with Gasteiger partial charge < -0.3 is 14.9 Å². The Morgan fingerprint density at radius 2 is 1.93 bits per heavy atom. The molecule has 1 atom stereocenters. The summed E-state index contributed by atoms with van der Waals surface area (Å²) in [5.41, 5.74) is -2.01. The molecule has 0 amide bonds. The first-order chi connectivity index (χ1) is 7.11. The van der Waals surface area contributed by atoms with Gasteiger partial charge in [-0.2, -0.15) is 11.8 Å². The minimum Gasteiger partial charge on any atom is -0.481 e. The van der Waals surface area contributed by atoms with E-state index in [4.69, 9.17) is 4.74 Å². The fraction of sp³-hybridized carbons (Fsp3) is 0.900. The highest BCUT2D eigenvalue weighted by Gasteiger charge is 2.57. The smallest absolute Gasteiger partial charge is 0.313 e. The van der Waals surface area contributed by atoms with Crippen molar-refractivity contribution in [2.75, 3.05) is 24.7 Å². The lowest BCUT2D eigenvalue weighted by Crippen LogP contribution is -2.56. The van der Waals surface area contributed by atoms with E-state index >= 15 is 0 Å². The SMILES string of the molecule is O=C(O)C1(C2(O)CCOCC2)CCSC1. The lowest BCUT2D eigenvalue weighted by Gasteiger charge is -2.43. The molecule has 0 saturated carbocycles. The number of aliphatic carboxylic acids is 1. The highest BCUT2D eigenvalue weighted by Crippen LogP contribution is 2.48. The van der Waals surface area contributed by atoms with Gasteiger partial charge in [0.15, 0.2) is 0 Å². The minimum atomic E-state index is -1.07. The monoisotopic (exact) mass is 232 g/mol. The summed E-state index contributed by atoms with van der Waals surface area (Å²) < 4.78 is 5.19. The number of ether oxygens (including phenoxy) is 1. The molecule has 4 nitrogen and oxygen atoms in total. The number of carbonyl (C=O) groups is 1. The maximum atomic E-state index is 11.4. The molecule has 0 bridgehead atoms. The first kappa shape index (κ1) is 11.2. The van der Waals surface area contributed by atoms with Gasteiger partial charge in [0.1, 0.15) is 5.41 Å². The Kier molecular flexibility index (Phi) is 2.96. The summed E-state index contributed by atoms with van der Waals surface area (Å²) >= 11 is 1.62. The van der Waals surface area contributed by atoms with E-state index in [0.29, 0.717) is 38.2 Å². The fourth-order valence-electron chi connectivity index (χ4n) is 2.49. The lowest BCUT2D eigenvalue weighted by atomic mass is 9.67. The van der Waals surface area contributed by atoms with Crippen LogP contribution in [0.2, 0.25) is 0 Å². The Hall–Kier alpha value is -0.260. The highest BCUT2D eigenvalue weighted by molar-refractivity contribution is 7.99. The zero-order valence-corrected chi connectivity index (χ0v) is 9.39. The molecule has 0 aromatic heterocycles. The second-order valence-electron chi connectivity index (χ2n) is 4.33.